The molecule has 0 atom stereocenters. The second-order valence-electron chi connectivity index (χ2n) is 4.95. The number of carbonyl (C=O) groups is 1. The highest BCUT2D eigenvalue weighted by molar-refractivity contribution is 5.90. The molecule has 0 radical (unpaired) electrons. The van der Waals surface area contributed by atoms with Crippen LogP contribution in [0.15, 0.2) is 54.6 Å². The van der Waals surface area contributed by atoms with E-state index in [2.05, 4.69) is 20.5 Å². The number of benzene rings is 2. The average Bonchev–Trinajstić information content (AvgIpc) is 3.04. The number of ether oxygens (including phenoxy) is 1. The molecular weight excluding hydrogens is 292 g/mol. The van der Waals surface area contributed by atoms with E-state index in [4.69, 9.17) is 4.74 Å². The first-order valence-electron chi connectivity index (χ1n) is 7.15. The zero-order valence-corrected chi connectivity index (χ0v) is 12.6. The Bertz CT molecular complexity index is 799. The molecule has 0 spiro atoms. The lowest BCUT2D eigenvalue weighted by atomic mass is 10.1. The van der Waals surface area contributed by atoms with Gasteiger partial charge in [-0.15, -0.1) is 5.10 Å². The minimum Gasteiger partial charge on any atom is -0.497 e. The number of hydrogen-bond acceptors (Lipinski definition) is 4. The predicted octanol–water partition coefficient (Wildman–Crippen LogP) is 2.66. The smallest absolute Gasteiger partial charge is 0.249 e. The highest BCUT2D eigenvalue weighted by Gasteiger charge is 2.10. The maximum Gasteiger partial charge on any atom is 0.249 e. The van der Waals surface area contributed by atoms with Gasteiger partial charge < -0.3 is 4.74 Å². The second kappa shape index (κ2) is 6.74. The van der Waals surface area contributed by atoms with Gasteiger partial charge in [-0.05, 0) is 17.7 Å². The number of rotatable bonds is 5. The van der Waals surface area contributed by atoms with Crippen molar-refractivity contribution in [2.75, 3.05) is 12.4 Å². The van der Waals surface area contributed by atoms with Gasteiger partial charge >= 0.3 is 0 Å². The Morgan fingerprint density at radius 2 is 2.00 bits per heavy atom. The molecule has 1 amide bonds. The summed E-state index contributed by atoms with van der Waals surface area (Å²) >= 11 is 0. The number of aromatic amines is 1. The molecule has 0 saturated heterocycles. The van der Waals surface area contributed by atoms with Gasteiger partial charge in [-0.1, -0.05) is 42.5 Å². The summed E-state index contributed by atoms with van der Waals surface area (Å²) in [5.74, 6) is 1.41. The Kier molecular flexibility index (Phi) is 4.33. The fraction of sp³-hybridized carbons (Fsp3) is 0.118. The highest BCUT2D eigenvalue weighted by Crippen LogP contribution is 2.16. The van der Waals surface area contributed by atoms with Crippen molar-refractivity contribution in [2.45, 2.75) is 6.42 Å². The van der Waals surface area contributed by atoms with Gasteiger partial charge in [-0.25, -0.2) is 0 Å². The van der Waals surface area contributed by atoms with E-state index in [1.165, 1.54) is 0 Å². The second-order valence-corrected chi connectivity index (χ2v) is 4.95. The summed E-state index contributed by atoms with van der Waals surface area (Å²) in [4.78, 5) is 16.4. The monoisotopic (exact) mass is 308 g/mol. The Morgan fingerprint density at radius 3 is 2.78 bits per heavy atom. The van der Waals surface area contributed by atoms with E-state index in [0.29, 0.717) is 5.82 Å². The van der Waals surface area contributed by atoms with Gasteiger partial charge in [-0.2, -0.15) is 4.98 Å². The van der Waals surface area contributed by atoms with Crippen molar-refractivity contribution in [3.05, 3.63) is 60.2 Å². The third kappa shape index (κ3) is 3.74. The highest BCUT2D eigenvalue weighted by atomic mass is 16.5. The molecule has 0 bridgehead atoms. The van der Waals surface area contributed by atoms with E-state index >= 15 is 0 Å². The third-order valence-electron chi connectivity index (χ3n) is 3.28. The average molecular weight is 308 g/mol. The number of hydrogen-bond donors (Lipinski definition) is 2. The fourth-order valence-corrected chi connectivity index (χ4v) is 2.18. The van der Waals surface area contributed by atoms with Crippen LogP contribution >= 0.6 is 0 Å². The first-order valence-corrected chi connectivity index (χ1v) is 7.15. The van der Waals surface area contributed by atoms with Gasteiger partial charge in [0.05, 0.1) is 13.5 Å². The number of H-pyrrole nitrogens is 1. The largest absolute Gasteiger partial charge is 0.497 e. The zero-order valence-electron chi connectivity index (χ0n) is 12.6. The van der Waals surface area contributed by atoms with Crippen LogP contribution in [0.1, 0.15) is 5.56 Å². The lowest BCUT2D eigenvalue weighted by molar-refractivity contribution is -0.115. The molecule has 6 heteroatoms. The van der Waals surface area contributed by atoms with Crippen LogP contribution in [0.3, 0.4) is 0 Å². The summed E-state index contributed by atoms with van der Waals surface area (Å²) < 4.78 is 5.15. The van der Waals surface area contributed by atoms with Crippen LogP contribution in [0, 0.1) is 0 Å². The van der Waals surface area contributed by atoms with Crippen LogP contribution < -0.4 is 10.1 Å². The molecule has 0 aliphatic carbocycles. The summed E-state index contributed by atoms with van der Waals surface area (Å²) in [6.45, 7) is 0. The molecule has 3 rings (SSSR count). The van der Waals surface area contributed by atoms with Crippen LogP contribution in [-0.4, -0.2) is 28.2 Å². The molecule has 1 heterocycles. The predicted molar refractivity (Wildman–Crippen MR) is 87.1 cm³/mol. The number of methoxy groups -OCH3 is 1. The summed E-state index contributed by atoms with van der Waals surface area (Å²) in [5.41, 5.74) is 1.77. The number of amides is 1. The van der Waals surface area contributed by atoms with Gasteiger partial charge in [0.2, 0.25) is 11.9 Å². The molecule has 23 heavy (non-hydrogen) atoms. The van der Waals surface area contributed by atoms with Gasteiger partial charge in [0.1, 0.15) is 5.75 Å². The summed E-state index contributed by atoms with van der Waals surface area (Å²) in [5, 5.41) is 9.51. The van der Waals surface area contributed by atoms with E-state index in [9.17, 15) is 4.79 Å². The van der Waals surface area contributed by atoms with Gasteiger partial charge in [0.25, 0.3) is 0 Å². The van der Waals surface area contributed by atoms with Gasteiger partial charge in [0.15, 0.2) is 5.82 Å². The van der Waals surface area contributed by atoms with Crippen LogP contribution in [0.2, 0.25) is 0 Å². The standard InChI is InChI=1S/C17H16N4O2/c1-23-14-9-5-6-12(10-14)11-15(22)18-17-19-16(20-21-17)13-7-3-2-4-8-13/h2-10H,11H2,1H3,(H2,18,19,20,21,22). The SMILES string of the molecule is COc1cccc(CC(=O)Nc2n[nH]c(-c3ccccc3)n2)c1. The molecule has 2 aromatic carbocycles. The zero-order chi connectivity index (χ0) is 16.1. The topological polar surface area (TPSA) is 79.9 Å². The fourth-order valence-electron chi connectivity index (χ4n) is 2.18. The number of aromatic nitrogens is 3. The summed E-state index contributed by atoms with van der Waals surface area (Å²) in [6.07, 6.45) is 0.229. The quantitative estimate of drug-likeness (QED) is 0.759. The van der Waals surface area contributed by atoms with Crippen molar-refractivity contribution in [1.29, 1.82) is 0 Å². The maximum absolute atomic E-state index is 12.1. The number of anilines is 1. The van der Waals surface area contributed by atoms with Crippen molar-refractivity contribution in [3.63, 3.8) is 0 Å². The molecular formula is C17H16N4O2. The van der Waals surface area contributed by atoms with Crippen LogP contribution in [-0.2, 0) is 11.2 Å². The maximum atomic E-state index is 12.1. The molecule has 2 N–H and O–H groups in total. The van der Waals surface area contributed by atoms with Gasteiger partial charge in [-0.3, -0.25) is 15.2 Å². The van der Waals surface area contributed by atoms with E-state index in [0.717, 1.165) is 16.9 Å². The minimum atomic E-state index is -0.183. The molecule has 0 aliphatic heterocycles. The van der Waals surface area contributed by atoms with E-state index < -0.39 is 0 Å². The van der Waals surface area contributed by atoms with Crippen molar-refractivity contribution < 1.29 is 9.53 Å². The summed E-state index contributed by atoms with van der Waals surface area (Å²) in [6, 6.07) is 17.0. The lowest BCUT2D eigenvalue weighted by Gasteiger charge is -2.04. The molecule has 0 aliphatic rings. The van der Waals surface area contributed by atoms with Crippen molar-refractivity contribution in [2.24, 2.45) is 0 Å². The Balaban J connectivity index is 1.65. The Morgan fingerprint density at radius 1 is 1.17 bits per heavy atom. The Hall–Kier alpha value is -3.15. The number of nitrogens with zero attached hydrogens (tertiary/aromatic N) is 2. The van der Waals surface area contributed by atoms with Crippen LogP contribution in [0.4, 0.5) is 5.95 Å². The molecule has 1 aromatic heterocycles. The van der Waals surface area contributed by atoms with E-state index in [-0.39, 0.29) is 18.3 Å². The Labute approximate surface area is 133 Å². The molecule has 0 saturated carbocycles. The van der Waals surface area contributed by atoms with Crippen molar-refractivity contribution >= 4 is 11.9 Å². The lowest BCUT2D eigenvalue weighted by Crippen LogP contribution is -2.15. The van der Waals surface area contributed by atoms with Gasteiger partial charge in [0, 0.05) is 5.56 Å². The summed E-state index contributed by atoms with van der Waals surface area (Å²) in [7, 11) is 1.60. The van der Waals surface area contributed by atoms with E-state index in [1.807, 2.05) is 54.6 Å². The first-order chi connectivity index (χ1) is 11.2. The molecule has 3 aromatic rings. The first kappa shape index (κ1) is 14.8. The van der Waals surface area contributed by atoms with Crippen LogP contribution in [0.5, 0.6) is 5.75 Å². The molecule has 0 fully saturated rings. The van der Waals surface area contributed by atoms with Crippen LogP contribution in [0.25, 0.3) is 11.4 Å². The minimum absolute atomic E-state index is 0.183. The molecule has 0 unspecified atom stereocenters. The molecule has 6 nitrogen and oxygen atoms in total. The van der Waals surface area contributed by atoms with Crippen molar-refractivity contribution in [3.8, 4) is 17.1 Å². The number of nitrogens with one attached hydrogen (secondary N) is 2. The third-order valence-corrected chi connectivity index (χ3v) is 3.28. The molecule has 116 valence electrons. The van der Waals surface area contributed by atoms with E-state index in [1.54, 1.807) is 7.11 Å². The normalized spacial score (nSPS) is 10.3. The number of carbonyl (C=O) groups excluding carboxylic acids is 1. The van der Waals surface area contributed by atoms with Crippen molar-refractivity contribution in [1.82, 2.24) is 15.2 Å².